The number of aromatic nitrogens is 3. The molecule has 0 aliphatic heterocycles. The molecule has 0 saturated carbocycles. The number of fused-ring (bicyclic) bond motifs is 1. The Kier molecular flexibility index (Phi) is 2.61. The number of benzene rings is 1. The van der Waals surface area contributed by atoms with Crippen molar-refractivity contribution in [1.82, 2.24) is 15.2 Å². The van der Waals surface area contributed by atoms with E-state index in [1.165, 1.54) is 0 Å². The van der Waals surface area contributed by atoms with Crippen molar-refractivity contribution in [3.8, 4) is 0 Å². The summed E-state index contributed by atoms with van der Waals surface area (Å²) in [6.45, 7) is 6.41. The lowest BCUT2D eigenvalue weighted by Gasteiger charge is -2.15. The summed E-state index contributed by atoms with van der Waals surface area (Å²) in [7, 11) is 0. The zero-order chi connectivity index (χ0) is 10.9. The molecular weight excluding hydrogens is 206 g/mol. The lowest BCUT2D eigenvalue weighted by atomic mass is 10.3. The van der Waals surface area contributed by atoms with Gasteiger partial charge in [-0.2, -0.15) is 0 Å². The van der Waals surface area contributed by atoms with Crippen LogP contribution < -0.4 is 0 Å². The van der Waals surface area contributed by atoms with Gasteiger partial charge in [0.1, 0.15) is 5.52 Å². The molecule has 0 N–H and O–H groups in total. The van der Waals surface area contributed by atoms with E-state index in [9.17, 15) is 0 Å². The first-order valence-electron chi connectivity index (χ1n) is 4.83. The fourth-order valence-electron chi connectivity index (χ4n) is 1.18. The highest BCUT2D eigenvalue weighted by Crippen LogP contribution is 2.29. The Morgan fingerprint density at radius 3 is 2.33 bits per heavy atom. The second-order valence-corrected chi connectivity index (χ2v) is 6.09. The number of nitrogens with zero attached hydrogens (tertiary/aromatic N) is 3. The maximum atomic E-state index is 4.45. The molecule has 1 heterocycles. The zero-order valence-corrected chi connectivity index (χ0v) is 9.88. The average molecular weight is 219 g/mol. The van der Waals surface area contributed by atoms with E-state index in [2.05, 4.69) is 36.0 Å². The molecule has 0 aliphatic rings. The molecule has 0 radical (unpaired) electrons. The van der Waals surface area contributed by atoms with E-state index >= 15 is 0 Å². The van der Waals surface area contributed by atoms with Crippen molar-refractivity contribution in [2.75, 3.05) is 0 Å². The molecule has 4 heteroatoms. The van der Waals surface area contributed by atoms with Gasteiger partial charge in [0.05, 0.1) is 5.52 Å². The van der Waals surface area contributed by atoms with Crippen LogP contribution >= 0.6 is 11.8 Å². The summed E-state index contributed by atoms with van der Waals surface area (Å²) in [4.78, 5) is 4.45. The normalized spacial score (nSPS) is 11.9. The molecule has 0 aliphatic carbocycles. The van der Waals surface area contributed by atoms with E-state index in [1.807, 2.05) is 24.3 Å². The quantitative estimate of drug-likeness (QED) is 0.691. The Hall–Kier alpha value is -1.16. The Labute approximate surface area is 93.3 Å². The number of thioether (sulfide) groups is 1. The first kappa shape index (κ1) is 10.4. The average Bonchev–Trinajstić information content (AvgIpc) is 2.15. The van der Waals surface area contributed by atoms with E-state index in [0.717, 1.165) is 16.2 Å². The molecule has 0 atom stereocenters. The van der Waals surface area contributed by atoms with Gasteiger partial charge >= 0.3 is 0 Å². The van der Waals surface area contributed by atoms with Crippen molar-refractivity contribution in [3.63, 3.8) is 0 Å². The third kappa shape index (κ3) is 2.65. The van der Waals surface area contributed by atoms with Gasteiger partial charge < -0.3 is 0 Å². The number of hydrogen-bond donors (Lipinski definition) is 0. The molecule has 0 saturated heterocycles. The summed E-state index contributed by atoms with van der Waals surface area (Å²) >= 11 is 1.63. The molecule has 3 nitrogen and oxygen atoms in total. The molecule has 0 fully saturated rings. The van der Waals surface area contributed by atoms with Gasteiger partial charge in [-0.05, 0) is 12.1 Å². The maximum absolute atomic E-state index is 4.45. The van der Waals surface area contributed by atoms with Crippen LogP contribution in [0.5, 0.6) is 0 Å². The number of para-hydroxylation sites is 1. The van der Waals surface area contributed by atoms with Gasteiger partial charge in [0.25, 0.3) is 0 Å². The lowest BCUT2D eigenvalue weighted by Crippen LogP contribution is -2.08. The lowest BCUT2D eigenvalue weighted by molar-refractivity contribution is 0.783. The highest BCUT2D eigenvalue weighted by Gasteiger charge is 2.14. The highest BCUT2D eigenvalue weighted by atomic mass is 32.2. The van der Waals surface area contributed by atoms with E-state index in [-0.39, 0.29) is 4.75 Å². The van der Waals surface area contributed by atoms with Gasteiger partial charge in [-0.25, -0.2) is 4.98 Å². The Morgan fingerprint density at radius 2 is 1.67 bits per heavy atom. The third-order valence-electron chi connectivity index (χ3n) is 1.74. The maximum Gasteiger partial charge on any atom is 0.210 e. The van der Waals surface area contributed by atoms with Crippen molar-refractivity contribution >= 4 is 22.8 Å². The predicted octanol–water partition coefficient (Wildman–Crippen LogP) is 2.92. The summed E-state index contributed by atoms with van der Waals surface area (Å²) in [6, 6.07) is 7.77. The number of rotatable bonds is 1. The first-order chi connectivity index (χ1) is 7.04. The molecule has 1 aromatic heterocycles. The van der Waals surface area contributed by atoms with Crippen molar-refractivity contribution in [1.29, 1.82) is 0 Å². The second kappa shape index (κ2) is 3.77. The highest BCUT2D eigenvalue weighted by molar-refractivity contribution is 8.00. The van der Waals surface area contributed by atoms with Crippen molar-refractivity contribution < 1.29 is 0 Å². The van der Waals surface area contributed by atoms with E-state index in [0.29, 0.717) is 0 Å². The summed E-state index contributed by atoms with van der Waals surface area (Å²) < 4.78 is 0.115. The smallest absolute Gasteiger partial charge is 0.210 e. The van der Waals surface area contributed by atoms with Crippen LogP contribution in [0, 0.1) is 0 Å². The molecule has 0 unspecified atom stereocenters. The molecular formula is C11H13N3S. The second-order valence-electron chi connectivity index (χ2n) is 4.30. The largest absolute Gasteiger partial charge is 0.219 e. The monoisotopic (exact) mass is 219 g/mol. The summed E-state index contributed by atoms with van der Waals surface area (Å²) in [5.41, 5.74) is 1.75. The molecule has 78 valence electrons. The van der Waals surface area contributed by atoms with Crippen LogP contribution in [0.1, 0.15) is 20.8 Å². The predicted molar refractivity (Wildman–Crippen MR) is 62.9 cm³/mol. The molecule has 1 aromatic carbocycles. The van der Waals surface area contributed by atoms with Gasteiger partial charge in [-0.3, -0.25) is 0 Å². The fourth-order valence-corrected chi connectivity index (χ4v) is 1.96. The van der Waals surface area contributed by atoms with Crippen LogP contribution in [0.2, 0.25) is 0 Å². The first-order valence-corrected chi connectivity index (χ1v) is 5.65. The minimum absolute atomic E-state index is 0.115. The van der Waals surface area contributed by atoms with E-state index in [1.54, 1.807) is 11.8 Å². The van der Waals surface area contributed by atoms with Crippen LogP contribution in [0.15, 0.2) is 29.4 Å². The SMILES string of the molecule is CC(C)(C)Sc1nnc2ccccc2n1. The van der Waals surface area contributed by atoms with E-state index < -0.39 is 0 Å². The molecule has 0 bridgehead atoms. The van der Waals surface area contributed by atoms with Crippen LogP contribution in [-0.2, 0) is 0 Å². The van der Waals surface area contributed by atoms with Crippen LogP contribution in [0.3, 0.4) is 0 Å². The van der Waals surface area contributed by atoms with Gasteiger partial charge in [0.2, 0.25) is 5.16 Å². The van der Waals surface area contributed by atoms with Crippen molar-refractivity contribution in [2.24, 2.45) is 0 Å². The molecule has 2 aromatic rings. The summed E-state index contributed by atoms with van der Waals surface area (Å²) in [6.07, 6.45) is 0. The minimum Gasteiger partial charge on any atom is -0.219 e. The summed E-state index contributed by atoms with van der Waals surface area (Å²) in [5.74, 6) is 0. The number of hydrogen-bond acceptors (Lipinski definition) is 4. The third-order valence-corrected chi connectivity index (χ3v) is 2.71. The van der Waals surface area contributed by atoms with Gasteiger partial charge in [-0.15, -0.1) is 10.2 Å². The van der Waals surface area contributed by atoms with E-state index in [4.69, 9.17) is 0 Å². The van der Waals surface area contributed by atoms with Crippen LogP contribution in [0.25, 0.3) is 11.0 Å². The molecule has 0 amide bonds. The standard InChI is InChI=1S/C11H13N3S/c1-11(2,3)15-10-12-8-6-4-5-7-9(8)13-14-10/h4-7H,1-3H3. The molecule has 2 rings (SSSR count). The van der Waals surface area contributed by atoms with Gasteiger partial charge in [0.15, 0.2) is 0 Å². The summed E-state index contributed by atoms with van der Waals surface area (Å²) in [5, 5.41) is 8.96. The Balaban J connectivity index is 2.39. The van der Waals surface area contributed by atoms with Crippen LogP contribution in [-0.4, -0.2) is 19.9 Å². The zero-order valence-electron chi connectivity index (χ0n) is 9.06. The Morgan fingerprint density at radius 1 is 1.00 bits per heavy atom. The fraction of sp³-hybridized carbons (Fsp3) is 0.364. The van der Waals surface area contributed by atoms with Crippen LogP contribution in [0.4, 0.5) is 0 Å². The van der Waals surface area contributed by atoms with Gasteiger partial charge in [0, 0.05) is 4.75 Å². The van der Waals surface area contributed by atoms with Crippen molar-refractivity contribution in [3.05, 3.63) is 24.3 Å². The molecule has 0 spiro atoms. The Bertz CT molecular complexity index is 476. The minimum atomic E-state index is 0.115. The topological polar surface area (TPSA) is 38.7 Å². The van der Waals surface area contributed by atoms with Gasteiger partial charge in [-0.1, -0.05) is 44.7 Å². The molecule has 15 heavy (non-hydrogen) atoms. The van der Waals surface area contributed by atoms with Crippen molar-refractivity contribution in [2.45, 2.75) is 30.7 Å².